The average molecular weight is 251 g/mol. The molecule has 0 radical (unpaired) electrons. The predicted octanol–water partition coefficient (Wildman–Crippen LogP) is 1.73. The van der Waals surface area contributed by atoms with E-state index in [1.807, 2.05) is 0 Å². The number of hydrogen-bond acceptors (Lipinski definition) is 5. The van der Waals surface area contributed by atoms with Crippen LogP contribution >= 0.6 is 0 Å². The molecule has 0 fully saturated rings. The van der Waals surface area contributed by atoms with E-state index in [1.54, 1.807) is 0 Å². The van der Waals surface area contributed by atoms with Crippen LogP contribution in [0, 0.1) is 5.82 Å². The Balaban J connectivity index is 2.06. The maximum atomic E-state index is 12.7. The number of benzene rings is 1. The Morgan fingerprint density at radius 1 is 1.39 bits per heavy atom. The molecule has 0 bridgehead atoms. The second-order valence-corrected chi connectivity index (χ2v) is 3.35. The zero-order chi connectivity index (χ0) is 13.0. The number of hydrogen-bond donors (Lipinski definition) is 1. The summed E-state index contributed by atoms with van der Waals surface area (Å²) in [6.07, 6.45) is -0.587. The monoisotopic (exact) mass is 251 g/mol. The van der Waals surface area contributed by atoms with Crippen molar-refractivity contribution in [1.29, 1.82) is 0 Å². The van der Waals surface area contributed by atoms with E-state index in [0.29, 0.717) is 5.56 Å². The predicted molar refractivity (Wildman–Crippen MR) is 58.9 cm³/mol. The van der Waals surface area contributed by atoms with Crippen molar-refractivity contribution < 1.29 is 18.3 Å². The maximum absolute atomic E-state index is 12.7. The number of nitrogens with one attached hydrogen (secondary N) is 1. The van der Waals surface area contributed by atoms with Crippen LogP contribution in [-0.2, 0) is 11.3 Å². The van der Waals surface area contributed by atoms with Gasteiger partial charge in [0, 0.05) is 5.56 Å². The first-order chi connectivity index (χ1) is 8.69. The zero-order valence-corrected chi connectivity index (χ0v) is 9.51. The molecule has 0 aliphatic rings. The molecule has 1 aromatic carbocycles. The zero-order valence-electron chi connectivity index (χ0n) is 9.51. The van der Waals surface area contributed by atoms with Gasteiger partial charge >= 0.3 is 6.09 Å². The van der Waals surface area contributed by atoms with Crippen molar-refractivity contribution in [2.75, 3.05) is 7.11 Å². The Labute approximate surface area is 102 Å². The van der Waals surface area contributed by atoms with E-state index in [4.69, 9.17) is 4.42 Å². The van der Waals surface area contributed by atoms with Crippen LogP contribution < -0.4 is 5.32 Å². The smallest absolute Gasteiger partial charge is 0.407 e. The molecule has 6 nitrogen and oxygen atoms in total. The highest BCUT2D eigenvalue weighted by Gasteiger charge is 2.09. The van der Waals surface area contributed by atoms with Crippen molar-refractivity contribution in [3.05, 3.63) is 36.0 Å². The molecule has 0 atom stereocenters. The molecule has 0 unspecified atom stereocenters. The first kappa shape index (κ1) is 12.0. The topological polar surface area (TPSA) is 77.2 Å². The summed E-state index contributed by atoms with van der Waals surface area (Å²) >= 11 is 0. The fraction of sp³-hybridized carbons (Fsp3) is 0.182. The van der Waals surface area contributed by atoms with E-state index in [9.17, 15) is 9.18 Å². The summed E-state index contributed by atoms with van der Waals surface area (Å²) in [6.45, 7) is 0.0703. The average Bonchev–Trinajstić information content (AvgIpc) is 2.85. The van der Waals surface area contributed by atoms with E-state index < -0.39 is 6.09 Å². The van der Waals surface area contributed by atoms with Gasteiger partial charge in [-0.3, -0.25) is 0 Å². The molecule has 18 heavy (non-hydrogen) atoms. The van der Waals surface area contributed by atoms with Gasteiger partial charge < -0.3 is 14.5 Å². The van der Waals surface area contributed by atoms with Crippen molar-refractivity contribution in [3.63, 3.8) is 0 Å². The maximum Gasteiger partial charge on any atom is 0.407 e. The summed E-state index contributed by atoms with van der Waals surface area (Å²) in [7, 11) is 1.26. The highest BCUT2D eigenvalue weighted by molar-refractivity contribution is 5.66. The van der Waals surface area contributed by atoms with Crippen molar-refractivity contribution in [2.24, 2.45) is 0 Å². The van der Waals surface area contributed by atoms with Crippen molar-refractivity contribution in [2.45, 2.75) is 6.54 Å². The van der Waals surface area contributed by atoms with Crippen LogP contribution in [0.5, 0.6) is 0 Å². The van der Waals surface area contributed by atoms with E-state index >= 15 is 0 Å². The molecule has 0 saturated carbocycles. The Morgan fingerprint density at radius 2 is 2.11 bits per heavy atom. The minimum Gasteiger partial charge on any atom is -0.453 e. The lowest BCUT2D eigenvalue weighted by Gasteiger charge is -1.98. The molecular weight excluding hydrogens is 241 g/mol. The Bertz CT molecular complexity index is 539. The third-order valence-corrected chi connectivity index (χ3v) is 2.13. The number of aromatic nitrogens is 2. The van der Waals surface area contributed by atoms with Crippen LogP contribution in [0.15, 0.2) is 28.7 Å². The first-order valence-electron chi connectivity index (χ1n) is 5.09. The normalized spacial score (nSPS) is 10.1. The lowest BCUT2D eigenvalue weighted by molar-refractivity contribution is 0.169. The Kier molecular flexibility index (Phi) is 3.52. The number of alkyl carbamates (subject to hydrolysis) is 1. The molecule has 1 amide bonds. The van der Waals surface area contributed by atoms with Crippen LogP contribution in [-0.4, -0.2) is 23.4 Å². The van der Waals surface area contributed by atoms with Gasteiger partial charge in [-0.1, -0.05) is 0 Å². The minimum absolute atomic E-state index is 0.0703. The molecule has 1 N–H and O–H groups in total. The van der Waals surface area contributed by atoms with Gasteiger partial charge in [0.05, 0.1) is 13.7 Å². The lowest BCUT2D eigenvalue weighted by Crippen LogP contribution is -2.22. The quantitative estimate of drug-likeness (QED) is 0.898. The summed E-state index contributed by atoms with van der Waals surface area (Å²) in [6, 6.07) is 5.65. The van der Waals surface area contributed by atoms with Crippen molar-refractivity contribution >= 4 is 6.09 Å². The summed E-state index contributed by atoms with van der Waals surface area (Å²) in [5.41, 5.74) is 0.605. The number of halogens is 1. The van der Waals surface area contributed by atoms with Gasteiger partial charge in [-0.25, -0.2) is 9.18 Å². The molecule has 0 saturated heterocycles. The van der Waals surface area contributed by atoms with Gasteiger partial charge in [-0.2, -0.15) is 0 Å². The van der Waals surface area contributed by atoms with Crippen LogP contribution in [0.25, 0.3) is 11.5 Å². The molecule has 7 heteroatoms. The fourth-order valence-corrected chi connectivity index (χ4v) is 1.25. The minimum atomic E-state index is -0.587. The van der Waals surface area contributed by atoms with Gasteiger partial charge in [0.2, 0.25) is 11.8 Å². The number of ether oxygens (including phenoxy) is 1. The molecule has 0 spiro atoms. The summed E-state index contributed by atoms with van der Waals surface area (Å²) in [5, 5.41) is 9.93. The van der Waals surface area contributed by atoms with Crippen molar-refractivity contribution in [1.82, 2.24) is 15.5 Å². The molecule has 0 aliphatic heterocycles. The van der Waals surface area contributed by atoms with Gasteiger partial charge in [0.1, 0.15) is 5.82 Å². The number of nitrogens with zero attached hydrogens (tertiary/aromatic N) is 2. The fourth-order valence-electron chi connectivity index (χ4n) is 1.25. The largest absolute Gasteiger partial charge is 0.453 e. The molecule has 1 heterocycles. The molecule has 2 aromatic rings. The van der Waals surface area contributed by atoms with Gasteiger partial charge in [0.25, 0.3) is 0 Å². The van der Waals surface area contributed by atoms with Crippen molar-refractivity contribution in [3.8, 4) is 11.5 Å². The summed E-state index contributed by atoms with van der Waals surface area (Å²) in [5.74, 6) is 0.155. The highest BCUT2D eigenvalue weighted by atomic mass is 19.1. The van der Waals surface area contributed by atoms with Crippen LogP contribution in [0.4, 0.5) is 9.18 Å². The van der Waals surface area contributed by atoms with E-state index in [0.717, 1.165) is 0 Å². The number of methoxy groups -OCH3 is 1. The SMILES string of the molecule is COC(=O)NCc1nnc(-c2ccc(F)cc2)o1. The van der Waals surface area contributed by atoms with Crippen LogP contribution in [0.1, 0.15) is 5.89 Å². The number of carbonyl (C=O) groups excluding carboxylic acids is 1. The second kappa shape index (κ2) is 5.26. The molecule has 1 aromatic heterocycles. The van der Waals surface area contributed by atoms with Gasteiger partial charge in [0.15, 0.2) is 0 Å². The number of rotatable bonds is 3. The molecule has 0 aliphatic carbocycles. The standard InChI is InChI=1S/C11H10FN3O3/c1-17-11(16)13-6-9-14-15-10(18-9)7-2-4-8(12)5-3-7/h2-5H,6H2,1H3,(H,13,16). The summed E-state index contributed by atoms with van der Waals surface area (Å²) in [4.78, 5) is 10.8. The van der Waals surface area contributed by atoms with E-state index in [-0.39, 0.29) is 24.1 Å². The van der Waals surface area contributed by atoms with Crippen LogP contribution in [0.3, 0.4) is 0 Å². The first-order valence-corrected chi connectivity index (χ1v) is 5.09. The molecular formula is C11H10FN3O3. The Morgan fingerprint density at radius 3 is 2.78 bits per heavy atom. The third-order valence-electron chi connectivity index (χ3n) is 2.13. The highest BCUT2D eigenvalue weighted by Crippen LogP contribution is 2.17. The second-order valence-electron chi connectivity index (χ2n) is 3.35. The van der Waals surface area contributed by atoms with E-state index in [1.165, 1.54) is 31.4 Å². The van der Waals surface area contributed by atoms with Crippen LogP contribution in [0.2, 0.25) is 0 Å². The molecule has 2 rings (SSSR count). The number of carbonyl (C=O) groups is 1. The third kappa shape index (κ3) is 2.82. The molecule has 94 valence electrons. The Hall–Kier alpha value is -2.44. The summed E-state index contributed by atoms with van der Waals surface area (Å²) < 4.78 is 22.4. The van der Waals surface area contributed by atoms with E-state index in [2.05, 4.69) is 20.3 Å². The van der Waals surface area contributed by atoms with Gasteiger partial charge in [-0.15, -0.1) is 10.2 Å². The lowest BCUT2D eigenvalue weighted by atomic mass is 10.2. The van der Waals surface area contributed by atoms with Gasteiger partial charge in [-0.05, 0) is 24.3 Å². The number of amides is 1.